The lowest BCUT2D eigenvalue weighted by molar-refractivity contribution is -0.131. The van der Waals surface area contributed by atoms with Crippen LogP contribution in [0.5, 0.6) is 0 Å². The van der Waals surface area contributed by atoms with E-state index in [4.69, 9.17) is 0 Å². The zero-order valence-corrected chi connectivity index (χ0v) is 15.4. The number of carbonyl (C=O) groups excluding carboxylic acids is 2. The van der Waals surface area contributed by atoms with Crippen molar-refractivity contribution in [1.82, 2.24) is 19.7 Å². The molecule has 0 N–H and O–H groups in total. The molecule has 0 aliphatic carbocycles. The standard InChI is InChI=1S/C16H20N4O2S2/c1-18(2)16(22)20-6-4-19(5-7-20)14(21)9-13-11-24-15(17-13)12-3-8-23-10-12/h3,8,10-11H,4-7,9H2,1-2H3. The number of aromatic nitrogens is 1. The smallest absolute Gasteiger partial charge is 0.319 e. The molecule has 0 saturated carbocycles. The Labute approximate surface area is 149 Å². The van der Waals surface area contributed by atoms with E-state index in [1.54, 1.807) is 46.6 Å². The van der Waals surface area contributed by atoms with E-state index in [0.717, 1.165) is 16.3 Å². The summed E-state index contributed by atoms with van der Waals surface area (Å²) >= 11 is 3.21. The molecule has 0 radical (unpaired) electrons. The van der Waals surface area contributed by atoms with Gasteiger partial charge in [-0.25, -0.2) is 9.78 Å². The molecule has 8 heteroatoms. The Morgan fingerprint density at radius 1 is 1.17 bits per heavy atom. The predicted octanol–water partition coefficient (Wildman–Crippen LogP) is 2.24. The van der Waals surface area contributed by atoms with Crippen LogP contribution in [0.4, 0.5) is 4.79 Å². The second-order valence-electron chi connectivity index (χ2n) is 5.88. The quantitative estimate of drug-likeness (QED) is 0.839. The number of thiazole rings is 1. The molecule has 1 aliphatic heterocycles. The van der Waals surface area contributed by atoms with Gasteiger partial charge in [0, 0.05) is 56.6 Å². The van der Waals surface area contributed by atoms with Crippen LogP contribution in [0, 0.1) is 0 Å². The number of amides is 3. The summed E-state index contributed by atoms with van der Waals surface area (Å²) in [5.41, 5.74) is 1.93. The highest BCUT2D eigenvalue weighted by Crippen LogP contribution is 2.26. The predicted molar refractivity (Wildman–Crippen MR) is 96.4 cm³/mol. The van der Waals surface area contributed by atoms with Crippen LogP contribution in [-0.4, -0.2) is 71.9 Å². The van der Waals surface area contributed by atoms with Gasteiger partial charge in [0.2, 0.25) is 5.91 Å². The van der Waals surface area contributed by atoms with E-state index in [2.05, 4.69) is 10.4 Å². The zero-order chi connectivity index (χ0) is 17.1. The van der Waals surface area contributed by atoms with E-state index in [9.17, 15) is 9.59 Å². The summed E-state index contributed by atoms with van der Waals surface area (Å²) in [5, 5.41) is 7.00. The molecule has 0 aromatic carbocycles. The third kappa shape index (κ3) is 3.76. The van der Waals surface area contributed by atoms with E-state index in [-0.39, 0.29) is 11.9 Å². The van der Waals surface area contributed by atoms with Crippen LogP contribution in [0.15, 0.2) is 22.2 Å². The Morgan fingerprint density at radius 2 is 1.88 bits per heavy atom. The minimum Gasteiger partial charge on any atom is -0.339 e. The second kappa shape index (κ2) is 7.31. The first-order chi connectivity index (χ1) is 11.5. The highest BCUT2D eigenvalue weighted by molar-refractivity contribution is 7.14. The third-order valence-corrected chi connectivity index (χ3v) is 5.56. The minimum atomic E-state index is 0.00186. The first-order valence-electron chi connectivity index (χ1n) is 7.75. The molecule has 0 bridgehead atoms. The van der Waals surface area contributed by atoms with Crippen LogP contribution < -0.4 is 0 Å². The summed E-state index contributed by atoms with van der Waals surface area (Å²) in [6, 6.07) is 2.04. The second-order valence-corrected chi connectivity index (χ2v) is 7.52. The average Bonchev–Trinajstić information content (AvgIpc) is 3.25. The molecule has 1 saturated heterocycles. The van der Waals surface area contributed by atoms with Crippen molar-refractivity contribution in [3.8, 4) is 10.6 Å². The summed E-state index contributed by atoms with van der Waals surface area (Å²) in [6.45, 7) is 2.33. The number of hydrogen-bond acceptors (Lipinski definition) is 5. The van der Waals surface area contributed by atoms with Crippen molar-refractivity contribution in [2.45, 2.75) is 6.42 Å². The summed E-state index contributed by atoms with van der Waals surface area (Å²) in [6.07, 6.45) is 0.322. The molecule has 3 rings (SSSR count). The topological polar surface area (TPSA) is 56.8 Å². The SMILES string of the molecule is CN(C)C(=O)N1CCN(C(=O)Cc2csc(-c3ccsc3)n2)CC1. The molecule has 0 unspecified atom stereocenters. The van der Waals surface area contributed by atoms with Crippen molar-refractivity contribution in [3.63, 3.8) is 0 Å². The monoisotopic (exact) mass is 364 g/mol. The van der Waals surface area contributed by atoms with E-state index >= 15 is 0 Å². The Hall–Kier alpha value is -1.93. The Kier molecular flexibility index (Phi) is 5.15. The molecule has 0 atom stereocenters. The largest absolute Gasteiger partial charge is 0.339 e. The Balaban J connectivity index is 1.54. The maximum absolute atomic E-state index is 12.5. The van der Waals surface area contributed by atoms with Crippen molar-refractivity contribution in [1.29, 1.82) is 0 Å². The summed E-state index contributed by atoms with van der Waals surface area (Å²) < 4.78 is 0. The summed E-state index contributed by atoms with van der Waals surface area (Å²) in [5.74, 6) is 0.0779. The molecular formula is C16H20N4O2S2. The van der Waals surface area contributed by atoms with Gasteiger partial charge < -0.3 is 14.7 Å². The number of thiophene rings is 1. The van der Waals surface area contributed by atoms with E-state index in [1.165, 1.54) is 0 Å². The van der Waals surface area contributed by atoms with Crippen LogP contribution in [0.25, 0.3) is 10.6 Å². The molecule has 1 aliphatic rings. The van der Waals surface area contributed by atoms with E-state index in [0.29, 0.717) is 32.6 Å². The molecule has 2 aromatic heterocycles. The van der Waals surface area contributed by atoms with Gasteiger partial charge in [0.1, 0.15) is 5.01 Å². The minimum absolute atomic E-state index is 0.00186. The van der Waals surface area contributed by atoms with Gasteiger partial charge in [0.15, 0.2) is 0 Å². The lowest BCUT2D eigenvalue weighted by atomic mass is 10.2. The molecule has 3 amide bonds. The van der Waals surface area contributed by atoms with Gasteiger partial charge in [0.05, 0.1) is 12.1 Å². The van der Waals surface area contributed by atoms with Crippen LogP contribution >= 0.6 is 22.7 Å². The van der Waals surface area contributed by atoms with Crippen molar-refractivity contribution in [2.24, 2.45) is 0 Å². The number of piperazine rings is 1. The summed E-state index contributed by atoms with van der Waals surface area (Å²) in [7, 11) is 3.49. The highest BCUT2D eigenvalue weighted by atomic mass is 32.1. The molecule has 2 aromatic rings. The van der Waals surface area contributed by atoms with Crippen molar-refractivity contribution >= 4 is 34.6 Å². The third-order valence-electron chi connectivity index (χ3n) is 3.94. The van der Waals surface area contributed by atoms with Crippen molar-refractivity contribution < 1.29 is 9.59 Å². The number of nitrogens with zero attached hydrogens (tertiary/aromatic N) is 4. The van der Waals surface area contributed by atoms with Crippen LogP contribution in [0.2, 0.25) is 0 Å². The maximum Gasteiger partial charge on any atom is 0.319 e. The lowest BCUT2D eigenvalue weighted by Crippen LogP contribution is -2.53. The number of urea groups is 1. The normalized spacial score (nSPS) is 14.8. The fourth-order valence-corrected chi connectivity index (χ4v) is 4.14. The van der Waals surface area contributed by atoms with Gasteiger partial charge in [-0.05, 0) is 11.4 Å². The Bertz CT molecular complexity index is 703. The molecule has 6 nitrogen and oxygen atoms in total. The fraction of sp³-hybridized carbons (Fsp3) is 0.438. The number of hydrogen-bond donors (Lipinski definition) is 0. The van der Waals surface area contributed by atoms with Gasteiger partial charge >= 0.3 is 6.03 Å². The average molecular weight is 364 g/mol. The molecule has 3 heterocycles. The summed E-state index contributed by atoms with van der Waals surface area (Å²) in [4.78, 5) is 34.1. The number of carbonyl (C=O) groups is 2. The Morgan fingerprint density at radius 3 is 2.50 bits per heavy atom. The first kappa shape index (κ1) is 16.9. The molecule has 24 heavy (non-hydrogen) atoms. The number of rotatable bonds is 3. The molecular weight excluding hydrogens is 344 g/mol. The molecule has 0 spiro atoms. The van der Waals surface area contributed by atoms with Gasteiger partial charge in [-0.3, -0.25) is 4.79 Å². The highest BCUT2D eigenvalue weighted by Gasteiger charge is 2.25. The maximum atomic E-state index is 12.5. The van der Waals surface area contributed by atoms with Crippen LogP contribution in [0.3, 0.4) is 0 Å². The zero-order valence-electron chi connectivity index (χ0n) is 13.8. The van der Waals surface area contributed by atoms with E-state index < -0.39 is 0 Å². The van der Waals surface area contributed by atoms with Gasteiger partial charge in [0.25, 0.3) is 0 Å². The molecule has 128 valence electrons. The van der Waals surface area contributed by atoms with E-state index in [1.807, 2.05) is 21.7 Å². The van der Waals surface area contributed by atoms with Crippen LogP contribution in [0.1, 0.15) is 5.69 Å². The van der Waals surface area contributed by atoms with Crippen LogP contribution in [-0.2, 0) is 11.2 Å². The van der Waals surface area contributed by atoms with Gasteiger partial charge in [-0.15, -0.1) is 11.3 Å². The van der Waals surface area contributed by atoms with Crippen molar-refractivity contribution in [2.75, 3.05) is 40.3 Å². The van der Waals surface area contributed by atoms with Gasteiger partial charge in [-0.2, -0.15) is 11.3 Å². The first-order valence-corrected chi connectivity index (χ1v) is 9.58. The lowest BCUT2D eigenvalue weighted by Gasteiger charge is -2.35. The molecule has 1 fully saturated rings. The fourth-order valence-electron chi connectivity index (χ4n) is 2.60. The van der Waals surface area contributed by atoms with Crippen molar-refractivity contribution in [3.05, 3.63) is 27.9 Å². The van der Waals surface area contributed by atoms with Gasteiger partial charge in [-0.1, -0.05) is 0 Å².